The molecule has 130 valence electrons. The summed E-state index contributed by atoms with van der Waals surface area (Å²) in [6, 6.07) is 11.7. The normalized spacial score (nSPS) is 11.5. The second-order valence-corrected chi connectivity index (χ2v) is 8.26. The van der Waals surface area contributed by atoms with Gasteiger partial charge in [0.2, 0.25) is 10.0 Å². The third-order valence-electron chi connectivity index (χ3n) is 3.32. The van der Waals surface area contributed by atoms with E-state index in [1.54, 1.807) is 43.5 Å². The van der Waals surface area contributed by atoms with Crippen LogP contribution in [-0.4, -0.2) is 40.0 Å². The SMILES string of the molecule is COc1ccc(OCCN(C)S(=O)(=O)c2ccc(Br)cc2Cl)cc1. The maximum atomic E-state index is 12.5. The van der Waals surface area contributed by atoms with Crippen LogP contribution in [0.1, 0.15) is 0 Å². The van der Waals surface area contributed by atoms with E-state index in [0.29, 0.717) is 5.75 Å². The zero-order valence-electron chi connectivity index (χ0n) is 13.2. The Labute approximate surface area is 155 Å². The van der Waals surface area contributed by atoms with Gasteiger partial charge in [0.25, 0.3) is 0 Å². The van der Waals surface area contributed by atoms with Gasteiger partial charge in [0.05, 0.1) is 12.1 Å². The smallest absolute Gasteiger partial charge is 0.244 e. The first kappa shape index (κ1) is 19.1. The Morgan fingerprint density at radius 3 is 2.33 bits per heavy atom. The molecule has 0 radical (unpaired) electrons. The second-order valence-electron chi connectivity index (χ2n) is 4.93. The van der Waals surface area contributed by atoms with Crippen molar-refractivity contribution in [3.63, 3.8) is 0 Å². The number of hydrogen-bond acceptors (Lipinski definition) is 4. The van der Waals surface area contributed by atoms with Crippen LogP contribution in [0.25, 0.3) is 0 Å². The number of sulfonamides is 1. The molecule has 2 rings (SSSR count). The van der Waals surface area contributed by atoms with E-state index in [9.17, 15) is 8.42 Å². The van der Waals surface area contributed by atoms with E-state index in [1.165, 1.54) is 17.4 Å². The van der Waals surface area contributed by atoms with E-state index >= 15 is 0 Å². The molecule has 0 unspecified atom stereocenters. The standard InChI is InChI=1S/C16H17BrClNO4S/c1-19(9-10-23-14-6-4-13(22-2)5-7-14)24(20,21)16-8-3-12(17)11-15(16)18/h3-8,11H,9-10H2,1-2H3. The summed E-state index contributed by atoms with van der Waals surface area (Å²) in [5.41, 5.74) is 0. The van der Waals surface area contributed by atoms with Crippen molar-refractivity contribution in [1.29, 1.82) is 0 Å². The second kappa shape index (κ2) is 8.20. The van der Waals surface area contributed by atoms with Gasteiger partial charge in [-0.3, -0.25) is 0 Å². The highest BCUT2D eigenvalue weighted by atomic mass is 79.9. The number of benzene rings is 2. The molecule has 0 N–H and O–H groups in total. The molecule has 0 saturated carbocycles. The fraction of sp³-hybridized carbons (Fsp3) is 0.250. The van der Waals surface area contributed by atoms with Gasteiger partial charge in [0.1, 0.15) is 23.0 Å². The number of ether oxygens (including phenoxy) is 2. The molecule has 0 amide bonds. The molecule has 0 aliphatic heterocycles. The molecule has 0 aliphatic rings. The number of likely N-dealkylation sites (N-methyl/N-ethyl adjacent to an activating group) is 1. The largest absolute Gasteiger partial charge is 0.497 e. The van der Waals surface area contributed by atoms with Crippen LogP contribution < -0.4 is 9.47 Å². The summed E-state index contributed by atoms with van der Waals surface area (Å²) >= 11 is 9.29. The topological polar surface area (TPSA) is 55.8 Å². The monoisotopic (exact) mass is 433 g/mol. The van der Waals surface area contributed by atoms with E-state index in [0.717, 1.165) is 10.2 Å². The molecule has 0 bridgehead atoms. The van der Waals surface area contributed by atoms with Gasteiger partial charge in [-0.25, -0.2) is 8.42 Å². The highest BCUT2D eigenvalue weighted by Crippen LogP contribution is 2.27. The van der Waals surface area contributed by atoms with E-state index in [2.05, 4.69) is 15.9 Å². The minimum absolute atomic E-state index is 0.0688. The minimum atomic E-state index is -3.67. The van der Waals surface area contributed by atoms with Crippen molar-refractivity contribution >= 4 is 37.6 Å². The fourth-order valence-electron chi connectivity index (χ4n) is 1.94. The number of nitrogens with zero attached hydrogens (tertiary/aromatic N) is 1. The Bertz CT molecular complexity index is 796. The lowest BCUT2D eigenvalue weighted by molar-refractivity contribution is 0.286. The molecule has 2 aromatic rings. The number of methoxy groups -OCH3 is 1. The third-order valence-corrected chi connectivity index (χ3v) is 6.15. The van der Waals surface area contributed by atoms with Gasteiger partial charge >= 0.3 is 0 Å². The lowest BCUT2D eigenvalue weighted by Crippen LogP contribution is -2.31. The van der Waals surface area contributed by atoms with Crippen LogP contribution in [0, 0.1) is 0 Å². The zero-order chi connectivity index (χ0) is 17.7. The predicted molar refractivity (Wildman–Crippen MR) is 97.5 cm³/mol. The van der Waals surface area contributed by atoms with Gasteiger partial charge in [-0.15, -0.1) is 0 Å². The average molecular weight is 435 g/mol. The van der Waals surface area contributed by atoms with Gasteiger partial charge < -0.3 is 9.47 Å². The number of hydrogen-bond donors (Lipinski definition) is 0. The van der Waals surface area contributed by atoms with Crippen LogP contribution in [0.5, 0.6) is 11.5 Å². The van der Waals surface area contributed by atoms with Gasteiger partial charge in [-0.1, -0.05) is 27.5 Å². The van der Waals surface area contributed by atoms with Crippen molar-refractivity contribution in [2.75, 3.05) is 27.3 Å². The van der Waals surface area contributed by atoms with Crippen LogP contribution >= 0.6 is 27.5 Å². The van der Waals surface area contributed by atoms with E-state index in [1.807, 2.05) is 0 Å². The van der Waals surface area contributed by atoms with Crippen LogP contribution in [-0.2, 0) is 10.0 Å². The summed E-state index contributed by atoms with van der Waals surface area (Å²) in [6.45, 7) is 0.414. The zero-order valence-corrected chi connectivity index (χ0v) is 16.4. The summed E-state index contributed by atoms with van der Waals surface area (Å²) in [6.07, 6.45) is 0. The first-order valence-corrected chi connectivity index (χ1v) is 9.64. The molecular formula is C16H17BrClNO4S. The summed E-state index contributed by atoms with van der Waals surface area (Å²) in [5, 5.41) is 0.173. The van der Waals surface area contributed by atoms with Crippen molar-refractivity contribution in [2.24, 2.45) is 0 Å². The van der Waals surface area contributed by atoms with Crippen molar-refractivity contribution in [3.05, 3.63) is 52.0 Å². The summed E-state index contributed by atoms with van der Waals surface area (Å²) in [4.78, 5) is 0.0688. The molecule has 24 heavy (non-hydrogen) atoms. The summed E-state index contributed by atoms with van der Waals surface area (Å²) in [5.74, 6) is 1.37. The quantitative estimate of drug-likeness (QED) is 0.665. The first-order valence-electron chi connectivity index (χ1n) is 7.03. The molecule has 0 saturated heterocycles. The van der Waals surface area contributed by atoms with E-state index < -0.39 is 10.0 Å². The molecule has 2 aromatic carbocycles. The molecule has 0 spiro atoms. The van der Waals surface area contributed by atoms with Gasteiger partial charge in [-0.05, 0) is 42.5 Å². The Morgan fingerprint density at radius 2 is 1.75 bits per heavy atom. The average Bonchev–Trinajstić information content (AvgIpc) is 2.55. The highest BCUT2D eigenvalue weighted by Gasteiger charge is 2.23. The van der Waals surface area contributed by atoms with Crippen molar-refractivity contribution in [1.82, 2.24) is 4.31 Å². The van der Waals surface area contributed by atoms with Gasteiger partial charge in [0.15, 0.2) is 0 Å². The van der Waals surface area contributed by atoms with Gasteiger partial charge in [0, 0.05) is 18.1 Å². The van der Waals surface area contributed by atoms with E-state index in [4.69, 9.17) is 21.1 Å². The van der Waals surface area contributed by atoms with Crippen LogP contribution in [0.15, 0.2) is 51.8 Å². The highest BCUT2D eigenvalue weighted by molar-refractivity contribution is 9.10. The molecule has 5 nitrogen and oxygen atoms in total. The maximum Gasteiger partial charge on any atom is 0.244 e. The third kappa shape index (κ3) is 4.63. The molecule has 0 aromatic heterocycles. The number of rotatable bonds is 7. The van der Waals surface area contributed by atoms with E-state index in [-0.39, 0.29) is 23.1 Å². The first-order chi connectivity index (χ1) is 11.3. The Kier molecular flexibility index (Phi) is 6.51. The molecule has 0 aliphatic carbocycles. The van der Waals surface area contributed by atoms with Crippen LogP contribution in [0.4, 0.5) is 0 Å². The Balaban J connectivity index is 1.98. The summed E-state index contributed by atoms with van der Waals surface area (Å²) in [7, 11) is -0.594. The van der Waals surface area contributed by atoms with Crippen molar-refractivity contribution in [3.8, 4) is 11.5 Å². The Morgan fingerprint density at radius 1 is 1.12 bits per heavy atom. The molecule has 0 atom stereocenters. The predicted octanol–water partition coefficient (Wildman–Crippen LogP) is 3.81. The number of halogens is 2. The lowest BCUT2D eigenvalue weighted by Gasteiger charge is -2.18. The molecule has 0 heterocycles. The van der Waals surface area contributed by atoms with Crippen LogP contribution in [0.2, 0.25) is 5.02 Å². The maximum absolute atomic E-state index is 12.5. The van der Waals surface area contributed by atoms with Crippen molar-refractivity contribution < 1.29 is 17.9 Å². The summed E-state index contributed by atoms with van der Waals surface area (Å²) < 4.78 is 37.6. The van der Waals surface area contributed by atoms with Gasteiger partial charge in [-0.2, -0.15) is 4.31 Å². The minimum Gasteiger partial charge on any atom is -0.497 e. The van der Waals surface area contributed by atoms with Crippen LogP contribution in [0.3, 0.4) is 0 Å². The molecule has 0 fully saturated rings. The van der Waals surface area contributed by atoms with Crippen molar-refractivity contribution in [2.45, 2.75) is 4.90 Å². The lowest BCUT2D eigenvalue weighted by atomic mass is 10.3. The molecular weight excluding hydrogens is 418 g/mol. The molecule has 8 heteroatoms. The fourth-order valence-corrected chi connectivity index (χ4v) is 4.10. The Hall–Kier alpha value is -1.28.